The largest absolute Gasteiger partial charge is 0.368 e. The van der Waals surface area contributed by atoms with Crippen molar-refractivity contribution in [2.75, 3.05) is 19.8 Å². The molecule has 1 amide bonds. The topological polar surface area (TPSA) is 87.9 Å². The summed E-state index contributed by atoms with van der Waals surface area (Å²) < 4.78 is 0. The van der Waals surface area contributed by atoms with E-state index in [9.17, 15) is 4.79 Å². The zero-order valence-corrected chi connectivity index (χ0v) is 9.13. The van der Waals surface area contributed by atoms with Gasteiger partial charge in [-0.15, -0.1) is 5.10 Å². The average Bonchev–Trinajstić information content (AvgIpc) is 2.49. The molecule has 0 aliphatic carbocycles. The first-order valence-electron chi connectivity index (χ1n) is 4.06. The van der Waals surface area contributed by atoms with Gasteiger partial charge in [0, 0.05) is 14.1 Å². The minimum absolute atomic E-state index is 0.0263. The first-order chi connectivity index (χ1) is 6.50. The minimum atomic E-state index is -0.208. The molecule has 1 aromatic rings. The summed E-state index contributed by atoms with van der Waals surface area (Å²) in [7, 11) is 3.43. The highest BCUT2D eigenvalue weighted by molar-refractivity contribution is 8.00. The van der Waals surface area contributed by atoms with Crippen LogP contribution in [0.15, 0.2) is 5.16 Å². The van der Waals surface area contributed by atoms with E-state index in [1.165, 1.54) is 16.7 Å². The Morgan fingerprint density at radius 2 is 2.29 bits per heavy atom. The molecule has 0 aliphatic heterocycles. The van der Waals surface area contributed by atoms with Crippen molar-refractivity contribution in [3.63, 3.8) is 0 Å². The van der Waals surface area contributed by atoms with Gasteiger partial charge in [0.25, 0.3) is 0 Å². The SMILES string of the molecule is C[C@H](Sc1n[nH]c(N)n1)C(=O)N(C)C. The molecule has 0 fully saturated rings. The van der Waals surface area contributed by atoms with Gasteiger partial charge < -0.3 is 10.6 Å². The van der Waals surface area contributed by atoms with Crippen molar-refractivity contribution in [1.82, 2.24) is 20.1 Å². The smallest absolute Gasteiger partial charge is 0.235 e. The lowest BCUT2D eigenvalue weighted by Gasteiger charge is -2.14. The number of amides is 1. The van der Waals surface area contributed by atoms with E-state index >= 15 is 0 Å². The Bertz CT molecular complexity index is 324. The van der Waals surface area contributed by atoms with Gasteiger partial charge in [-0.2, -0.15) is 4.98 Å². The number of nitrogens with one attached hydrogen (secondary N) is 1. The van der Waals surface area contributed by atoms with Gasteiger partial charge in [0.15, 0.2) is 0 Å². The molecule has 0 unspecified atom stereocenters. The highest BCUT2D eigenvalue weighted by atomic mass is 32.2. The molecule has 1 atom stereocenters. The van der Waals surface area contributed by atoms with Crippen molar-refractivity contribution in [3.05, 3.63) is 0 Å². The number of hydrogen-bond donors (Lipinski definition) is 2. The van der Waals surface area contributed by atoms with Crippen molar-refractivity contribution in [2.45, 2.75) is 17.3 Å². The Morgan fingerprint density at radius 3 is 2.71 bits per heavy atom. The summed E-state index contributed by atoms with van der Waals surface area (Å²) in [6.45, 7) is 1.81. The number of carbonyl (C=O) groups is 1. The van der Waals surface area contributed by atoms with E-state index < -0.39 is 0 Å². The standard InChI is InChI=1S/C7H13N5OS/c1-4(5(13)12(2)3)14-7-9-6(8)10-11-7/h4H,1-3H3,(H3,8,9,10,11)/t4-/m0/s1. The van der Waals surface area contributed by atoms with Crippen LogP contribution in [0, 0.1) is 0 Å². The Kier molecular flexibility index (Phi) is 3.34. The van der Waals surface area contributed by atoms with Gasteiger partial charge in [-0.05, 0) is 6.92 Å². The summed E-state index contributed by atoms with van der Waals surface area (Å²) in [6.07, 6.45) is 0. The Labute approximate surface area is 86.3 Å². The van der Waals surface area contributed by atoms with Crippen molar-refractivity contribution in [1.29, 1.82) is 0 Å². The van der Waals surface area contributed by atoms with Gasteiger partial charge in [-0.1, -0.05) is 11.8 Å². The van der Waals surface area contributed by atoms with E-state index in [2.05, 4.69) is 15.2 Å². The second-order valence-electron chi connectivity index (χ2n) is 3.00. The second-order valence-corrected chi connectivity index (χ2v) is 4.30. The number of H-pyrrole nitrogens is 1. The third-order valence-corrected chi connectivity index (χ3v) is 2.50. The molecule has 0 saturated heterocycles. The molecule has 0 spiro atoms. The Morgan fingerprint density at radius 1 is 1.64 bits per heavy atom. The van der Waals surface area contributed by atoms with Gasteiger partial charge in [-0.25, -0.2) is 5.10 Å². The quantitative estimate of drug-likeness (QED) is 0.690. The molecular weight excluding hydrogens is 202 g/mol. The Hall–Kier alpha value is -1.24. The van der Waals surface area contributed by atoms with Gasteiger partial charge >= 0.3 is 0 Å². The maximum atomic E-state index is 11.5. The lowest BCUT2D eigenvalue weighted by molar-refractivity contribution is -0.127. The summed E-state index contributed by atoms with van der Waals surface area (Å²) in [5.41, 5.74) is 5.35. The average molecular weight is 215 g/mol. The van der Waals surface area contributed by atoms with E-state index in [1.807, 2.05) is 0 Å². The van der Waals surface area contributed by atoms with Crippen LogP contribution in [0.3, 0.4) is 0 Å². The third kappa shape index (κ3) is 2.63. The zero-order chi connectivity index (χ0) is 10.7. The number of carbonyl (C=O) groups excluding carboxylic acids is 1. The van der Waals surface area contributed by atoms with Gasteiger partial charge in [0.2, 0.25) is 17.0 Å². The van der Waals surface area contributed by atoms with E-state index in [1.54, 1.807) is 21.0 Å². The molecule has 0 saturated carbocycles. The van der Waals surface area contributed by atoms with Crippen molar-refractivity contribution < 1.29 is 4.79 Å². The molecule has 14 heavy (non-hydrogen) atoms. The van der Waals surface area contributed by atoms with Crippen LogP contribution < -0.4 is 5.73 Å². The number of anilines is 1. The second kappa shape index (κ2) is 4.32. The number of hydrogen-bond acceptors (Lipinski definition) is 5. The summed E-state index contributed by atoms with van der Waals surface area (Å²) in [5, 5.41) is 6.62. The van der Waals surface area contributed by atoms with Crippen LogP contribution in [-0.2, 0) is 4.79 Å². The fourth-order valence-corrected chi connectivity index (χ4v) is 1.76. The molecule has 7 heteroatoms. The number of thioether (sulfide) groups is 1. The van der Waals surface area contributed by atoms with Crippen molar-refractivity contribution >= 4 is 23.6 Å². The predicted octanol–water partition coefficient (Wildman–Crippen LogP) is -0.0443. The van der Waals surface area contributed by atoms with Gasteiger partial charge in [0.1, 0.15) is 0 Å². The van der Waals surface area contributed by atoms with Crippen LogP contribution in [0.5, 0.6) is 0 Å². The number of nitrogens with two attached hydrogens (primary N) is 1. The first-order valence-corrected chi connectivity index (χ1v) is 4.94. The number of aromatic nitrogens is 3. The lowest BCUT2D eigenvalue weighted by Crippen LogP contribution is -2.29. The molecule has 0 bridgehead atoms. The van der Waals surface area contributed by atoms with Crippen molar-refractivity contribution in [2.24, 2.45) is 0 Å². The number of nitrogen functional groups attached to an aromatic ring is 1. The molecule has 78 valence electrons. The van der Waals surface area contributed by atoms with Gasteiger partial charge in [-0.3, -0.25) is 4.79 Å². The molecule has 0 radical (unpaired) electrons. The summed E-state index contributed by atoms with van der Waals surface area (Å²) in [6, 6.07) is 0. The van der Waals surface area contributed by atoms with E-state index in [0.717, 1.165) is 0 Å². The normalized spacial score (nSPS) is 12.5. The van der Waals surface area contributed by atoms with E-state index in [-0.39, 0.29) is 17.1 Å². The van der Waals surface area contributed by atoms with Gasteiger partial charge in [0.05, 0.1) is 5.25 Å². The Balaban J connectivity index is 2.57. The first kappa shape index (κ1) is 10.8. The molecule has 0 aromatic carbocycles. The summed E-state index contributed by atoms with van der Waals surface area (Å²) in [5.74, 6) is 0.287. The van der Waals surface area contributed by atoms with Crippen LogP contribution >= 0.6 is 11.8 Å². The molecule has 1 rings (SSSR count). The zero-order valence-electron chi connectivity index (χ0n) is 8.31. The van der Waals surface area contributed by atoms with Crippen LogP contribution in [0.25, 0.3) is 0 Å². The van der Waals surface area contributed by atoms with Crippen LogP contribution in [-0.4, -0.2) is 45.3 Å². The highest BCUT2D eigenvalue weighted by Crippen LogP contribution is 2.20. The number of aromatic amines is 1. The molecule has 1 heterocycles. The molecular formula is C7H13N5OS. The fraction of sp³-hybridized carbons (Fsp3) is 0.571. The molecule has 1 aromatic heterocycles. The third-order valence-electron chi connectivity index (χ3n) is 1.55. The minimum Gasteiger partial charge on any atom is -0.368 e. The summed E-state index contributed by atoms with van der Waals surface area (Å²) >= 11 is 1.28. The fourth-order valence-electron chi connectivity index (χ4n) is 0.883. The van der Waals surface area contributed by atoms with Crippen LogP contribution in [0.4, 0.5) is 5.95 Å². The molecule has 6 nitrogen and oxygen atoms in total. The van der Waals surface area contributed by atoms with E-state index in [4.69, 9.17) is 5.73 Å². The van der Waals surface area contributed by atoms with Crippen molar-refractivity contribution in [3.8, 4) is 0 Å². The number of rotatable bonds is 3. The maximum Gasteiger partial charge on any atom is 0.235 e. The maximum absolute atomic E-state index is 11.5. The summed E-state index contributed by atoms with van der Waals surface area (Å²) in [4.78, 5) is 16.9. The van der Waals surface area contributed by atoms with E-state index in [0.29, 0.717) is 5.16 Å². The van der Waals surface area contributed by atoms with Crippen LogP contribution in [0.1, 0.15) is 6.92 Å². The van der Waals surface area contributed by atoms with Crippen LogP contribution in [0.2, 0.25) is 0 Å². The molecule has 0 aliphatic rings. The molecule has 3 N–H and O–H groups in total. The lowest BCUT2D eigenvalue weighted by atomic mass is 10.4. The highest BCUT2D eigenvalue weighted by Gasteiger charge is 2.17. The monoisotopic (exact) mass is 215 g/mol. The number of nitrogens with zero attached hydrogens (tertiary/aromatic N) is 3. The predicted molar refractivity (Wildman–Crippen MR) is 54.8 cm³/mol.